The lowest BCUT2D eigenvalue weighted by Gasteiger charge is -2.24. The fraction of sp³-hybridized carbons (Fsp3) is 0.400. The van der Waals surface area contributed by atoms with Gasteiger partial charge in [-0.3, -0.25) is 9.52 Å². The SMILES string of the molecule is C[C@H](OC(=O)c1ccc(NS(=O)(=O)c2cccs2)cc1)C(=O)NC1CCCCC1. The second-order valence-corrected chi connectivity index (χ2v) is 9.86. The molecular weight excluding hydrogens is 412 g/mol. The van der Waals surface area contributed by atoms with Crippen LogP contribution in [0.5, 0.6) is 0 Å². The van der Waals surface area contributed by atoms with Crippen LogP contribution >= 0.6 is 11.3 Å². The van der Waals surface area contributed by atoms with Crippen molar-refractivity contribution in [2.75, 3.05) is 4.72 Å². The summed E-state index contributed by atoms with van der Waals surface area (Å²) in [5.41, 5.74) is 0.569. The molecule has 1 fully saturated rings. The van der Waals surface area contributed by atoms with Gasteiger partial charge < -0.3 is 10.1 Å². The van der Waals surface area contributed by atoms with Crippen LogP contribution in [0.4, 0.5) is 5.69 Å². The highest BCUT2D eigenvalue weighted by molar-refractivity contribution is 7.94. The zero-order chi connectivity index (χ0) is 20.9. The van der Waals surface area contributed by atoms with Gasteiger partial charge in [-0.1, -0.05) is 25.3 Å². The van der Waals surface area contributed by atoms with E-state index in [2.05, 4.69) is 10.0 Å². The molecule has 3 rings (SSSR count). The summed E-state index contributed by atoms with van der Waals surface area (Å²) in [6.07, 6.45) is 4.39. The molecule has 1 amide bonds. The Kier molecular flexibility index (Phi) is 6.92. The van der Waals surface area contributed by atoms with Crippen molar-refractivity contribution in [3.05, 3.63) is 47.3 Å². The summed E-state index contributed by atoms with van der Waals surface area (Å²) in [6.45, 7) is 1.54. The molecule has 1 aromatic carbocycles. The molecule has 2 aromatic rings. The summed E-state index contributed by atoms with van der Waals surface area (Å²) in [5, 5.41) is 4.61. The molecule has 2 N–H and O–H groups in total. The molecule has 7 nitrogen and oxygen atoms in total. The molecule has 0 aliphatic heterocycles. The molecule has 0 radical (unpaired) electrons. The average Bonchev–Trinajstić information content (AvgIpc) is 3.25. The minimum absolute atomic E-state index is 0.146. The van der Waals surface area contributed by atoms with E-state index in [4.69, 9.17) is 4.74 Å². The molecule has 1 saturated carbocycles. The first-order valence-corrected chi connectivity index (χ1v) is 11.9. The molecule has 0 unspecified atom stereocenters. The summed E-state index contributed by atoms with van der Waals surface area (Å²) >= 11 is 1.12. The van der Waals surface area contributed by atoms with Gasteiger partial charge in [-0.05, 0) is 55.5 Å². The Balaban J connectivity index is 1.55. The van der Waals surface area contributed by atoms with E-state index >= 15 is 0 Å². The van der Waals surface area contributed by atoms with Crippen LogP contribution in [0.25, 0.3) is 0 Å². The minimum Gasteiger partial charge on any atom is -0.449 e. The third-order valence-corrected chi connectivity index (χ3v) is 7.52. The van der Waals surface area contributed by atoms with Gasteiger partial charge in [0.05, 0.1) is 5.56 Å². The van der Waals surface area contributed by atoms with Gasteiger partial charge in [-0.2, -0.15) is 0 Å². The van der Waals surface area contributed by atoms with Crippen LogP contribution in [0.15, 0.2) is 46.0 Å². The normalized spacial score (nSPS) is 16.0. The zero-order valence-electron chi connectivity index (χ0n) is 16.1. The largest absolute Gasteiger partial charge is 0.449 e. The molecule has 1 heterocycles. The van der Waals surface area contributed by atoms with E-state index in [1.165, 1.54) is 36.8 Å². The number of rotatable bonds is 7. The van der Waals surface area contributed by atoms with Gasteiger partial charge in [-0.25, -0.2) is 13.2 Å². The lowest BCUT2D eigenvalue weighted by atomic mass is 9.95. The number of thiophene rings is 1. The number of nitrogens with one attached hydrogen (secondary N) is 2. The maximum absolute atomic E-state index is 12.3. The number of carbonyl (C=O) groups is 2. The lowest BCUT2D eigenvalue weighted by molar-refractivity contribution is -0.130. The Labute approximate surface area is 174 Å². The van der Waals surface area contributed by atoms with Crippen LogP contribution in [-0.2, 0) is 19.6 Å². The van der Waals surface area contributed by atoms with Crippen molar-refractivity contribution in [2.45, 2.75) is 55.4 Å². The van der Waals surface area contributed by atoms with E-state index in [0.717, 1.165) is 37.0 Å². The predicted octanol–water partition coefficient (Wildman–Crippen LogP) is 3.54. The second-order valence-electron chi connectivity index (χ2n) is 7.01. The molecule has 0 saturated heterocycles. The minimum atomic E-state index is -3.65. The van der Waals surface area contributed by atoms with E-state index < -0.39 is 22.1 Å². The number of ether oxygens (including phenoxy) is 1. The fourth-order valence-corrected chi connectivity index (χ4v) is 5.20. The molecule has 29 heavy (non-hydrogen) atoms. The highest BCUT2D eigenvalue weighted by Gasteiger charge is 2.23. The summed E-state index contributed by atoms with van der Waals surface area (Å²) < 4.78 is 32.4. The molecular formula is C20H24N2O5S2. The van der Waals surface area contributed by atoms with E-state index in [-0.39, 0.29) is 21.7 Å². The van der Waals surface area contributed by atoms with Crippen molar-refractivity contribution in [3.8, 4) is 0 Å². The van der Waals surface area contributed by atoms with Crippen LogP contribution < -0.4 is 10.0 Å². The molecule has 0 bridgehead atoms. The number of esters is 1. The Bertz CT molecular complexity index is 934. The predicted molar refractivity (Wildman–Crippen MR) is 111 cm³/mol. The standard InChI is InChI=1S/C20H24N2O5S2/c1-14(19(23)21-16-6-3-2-4-7-16)27-20(24)15-9-11-17(12-10-15)22-29(25,26)18-8-5-13-28-18/h5,8-14,16,22H,2-4,6-7H2,1H3,(H,21,23)/t14-/m0/s1. The molecule has 1 aromatic heterocycles. The van der Waals surface area contributed by atoms with Crippen molar-refractivity contribution >= 4 is 38.9 Å². The highest BCUT2D eigenvalue weighted by atomic mass is 32.2. The first-order valence-electron chi connectivity index (χ1n) is 9.53. The van der Waals surface area contributed by atoms with Crippen LogP contribution in [-0.4, -0.2) is 32.4 Å². The number of carbonyl (C=O) groups excluding carboxylic acids is 2. The van der Waals surface area contributed by atoms with E-state index in [1.807, 2.05) is 0 Å². The molecule has 1 aliphatic rings. The van der Waals surface area contributed by atoms with Gasteiger partial charge in [0, 0.05) is 11.7 Å². The second kappa shape index (κ2) is 9.41. The first-order chi connectivity index (χ1) is 13.8. The first kappa shape index (κ1) is 21.3. The summed E-state index contributed by atoms with van der Waals surface area (Å²) in [6, 6.07) is 9.19. The third kappa shape index (κ3) is 5.80. The van der Waals surface area contributed by atoms with E-state index in [9.17, 15) is 18.0 Å². The smallest absolute Gasteiger partial charge is 0.338 e. The Morgan fingerprint density at radius 2 is 1.79 bits per heavy atom. The third-order valence-electron chi connectivity index (χ3n) is 4.74. The van der Waals surface area contributed by atoms with Gasteiger partial charge in [0.25, 0.3) is 15.9 Å². The molecule has 9 heteroatoms. The maximum atomic E-state index is 12.3. The van der Waals surface area contributed by atoms with Gasteiger partial charge in [0.1, 0.15) is 4.21 Å². The van der Waals surface area contributed by atoms with Crippen molar-refractivity contribution in [1.82, 2.24) is 5.32 Å². The van der Waals surface area contributed by atoms with Gasteiger partial charge in [-0.15, -0.1) is 11.3 Å². The molecule has 1 atom stereocenters. The van der Waals surface area contributed by atoms with Crippen LogP contribution in [0.2, 0.25) is 0 Å². The fourth-order valence-electron chi connectivity index (χ4n) is 3.14. The van der Waals surface area contributed by atoms with Crippen LogP contribution in [0.3, 0.4) is 0 Å². The Hall–Kier alpha value is -2.39. The highest BCUT2D eigenvalue weighted by Crippen LogP contribution is 2.21. The lowest BCUT2D eigenvalue weighted by Crippen LogP contribution is -2.42. The Morgan fingerprint density at radius 1 is 1.10 bits per heavy atom. The number of sulfonamides is 1. The molecule has 156 valence electrons. The quantitative estimate of drug-likeness (QED) is 0.647. The zero-order valence-corrected chi connectivity index (χ0v) is 17.7. The topological polar surface area (TPSA) is 102 Å². The summed E-state index contributed by atoms with van der Waals surface area (Å²) in [5.74, 6) is -0.936. The van der Waals surface area contributed by atoms with Crippen molar-refractivity contribution in [3.63, 3.8) is 0 Å². The monoisotopic (exact) mass is 436 g/mol. The van der Waals surface area contributed by atoms with Crippen molar-refractivity contribution in [2.24, 2.45) is 0 Å². The van der Waals surface area contributed by atoms with Crippen LogP contribution in [0.1, 0.15) is 49.4 Å². The average molecular weight is 437 g/mol. The van der Waals surface area contributed by atoms with E-state index in [1.54, 1.807) is 18.4 Å². The molecule has 1 aliphatic carbocycles. The van der Waals surface area contributed by atoms with Crippen LogP contribution in [0, 0.1) is 0 Å². The molecule has 0 spiro atoms. The van der Waals surface area contributed by atoms with Crippen molar-refractivity contribution in [1.29, 1.82) is 0 Å². The summed E-state index contributed by atoms with van der Waals surface area (Å²) in [7, 11) is -3.65. The van der Waals surface area contributed by atoms with Gasteiger partial charge >= 0.3 is 5.97 Å². The summed E-state index contributed by atoms with van der Waals surface area (Å²) in [4.78, 5) is 24.5. The number of amides is 1. The Morgan fingerprint density at radius 3 is 2.41 bits per heavy atom. The number of anilines is 1. The van der Waals surface area contributed by atoms with E-state index in [0.29, 0.717) is 5.69 Å². The number of hydrogen-bond acceptors (Lipinski definition) is 6. The maximum Gasteiger partial charge on any atom is 0.338 e. The van der Waals surface area contributed by atoms with Gasteiger partial charge in [0.15, 0.2) is 6.10 Å². The number of hydrogen-bond donors (Lipinski definition) is 2. The van der Waals surface area contributed by atoms with Gasteiger partial charge in [0.2, 0.25) is 0 Å². The number of benzene rings is 1. The van der Waals surface area contributed by atoms with Crippen molar-refractivity contribution < 1.29 is 22.7 Å².